The molecule has 1 saturated heterocycles. The van der Waals surface area contributed by atoms with Crippen LogP contribution in [0.4, 0.5) is 0 Å². The van der Waals surface area contributed by atoms with Crippen LogP contribution < -0.4 is 0 Å². The Labute approximate surface area is 143 Å². The summed E-state index contributed by atoms with van der Waals surface area (Å²) >= 11 is 12.4. The number of carbonyl (C=O) groups excluding carboxylic acids is 1. The molecular weight excluding hydrogens is 342 g/mol. The Bertz CT molecular complexity index is 645. The molecule has 1 aliphatic heterocycles. The molecule has 1 aromatic carbocycles. The van der Waals surface area contributed by atoms with E-state index in [1.165, 1.54) is 16.7 Å². The average molecular weight is 356 g/mol. The zero-order chi connectivity index (χ0) is 16.1. The number of carboxylic acids is 1. The highest BCUT2D eigenvalue weighted by molar-refractivity contribution is 8.26. The highest BCUT2D eigenvalue weighted by Gasteiger charge is 2.31. The van der Waals surface area contributed by atoms with Gasteiger partial charge in [0.05, 0.1) is 4.91 Å². The second-order valence-electron chi connectivity index (χ2n) is 4.74. The molecule has 0 bridgehead atoms. The summed E-state index contributed by atoms with van der Waals surface area (Å²) in [6.45, 7) is 0.449. The van der Waals surface area contributed by atoms with Crippen molar-refractivity contribution in [2.24, 2.45) is 0 Å². The maximum atomic E-state index is 12.3. The number of thiocarbonyl (C=S) groups is 1. The van der Waals surface area contributed by atoms with Gasteiger partial charge in [0.25, 0.3) is 5.91 Å². The van der Waals surface area contributed by atoms with E-state index in [-0.39, 0.29) is 12.3 Å². The molecule has 1 aromatic rings. The van der Waals surface area contributed by atoms with Crippen molar-refractivity contribution >= 4 is 57.9 Å². The minimum absolute atomic E-state index is 0.104. The number of hydrogen-bond acceptors (Lipinski definition) is 4. The van der Waals surface area contributed by atoms with E-state index in [4.69, 9.17) is 28.9 Å². The lowest BCUT2D eigenvalue weighted by molar-refractivity contribution is -0.137. The van der Waals surface area contributed by atoms with E-state index in [2.05, 4.69) is 0 Å². The summed E-state index contributed by atoms with van der Waals surface area (Å²) in [4.78, 5) is 24.9. The number of aliphatic carboxylic acids is 1. The van der Waals surface area contributed by atoms with Crippen LogP contribution in [0.1, 0.15) is 24.8 Å². The van der Waals surface area contributed by atoms with Crippen LogP contribution in [0, 0.1) is 0 Å². The Balaban J connectivity index is 2.00. The Morgan fingerprint density at radius 3 is 2.86 bits per heavy atom. The van der Waals surface area contributed by atoms with Crippen molar-refractivity contribution in [3.8, 4) is 0 Å². The van der Waals surface area contributed by atoms with Crippen molar-refractivity contribution in [3.63, 3.8) is 0 Å². The van der Waals surface area contributed by atoms with Crippen LogP contribution in [0.25, 0.3) is 6.08 Å². The van der Waals surface area contributed by atoms with E-state index in [0.29, 0.717) is 33.6 Å². The van der Waals surface area contributed by atoms with Crippen LogP contribution in [-0.4, -0.2) is 32.7 Å². The molecule has 0 aliphatic carbocycles. The van der Waals surface area contributed by atoms with E-state index >= 15 is 0 Å². The van der Waals surface area contributed by atoms with Crippen molar-refractivity contribution in [1.29, 1.82) is 0 Å². The van der Waals surface area contributed by atoms with Gasteiger partial charge >= 0.3 is 5.97 Å². The van der Waals surface area contributed by atoms with Gasteiger partial charge < -0.3 is 5.11 Å². The smallest absolute Gasteiger partial charge is 0.303 e. The second kappa shape index (κ2) is 7.76. The second-order valence-corrected chi connectivity index (χ2v) is 6.85. The molecule has 22 heavy (non-hydrogen) atoms. The largest absolute Gasteiger partial charge is 0.481 e. The number of nitrogens with zero attached hydrogens (tertiary/aromatic N) is 1. The predicted molar refractivity (Wildman–Crippen MR) is 92.8 cm³/mol. The summed E-state index contributed by atoms with van der Waals surface area (Å²) in [5.41, 5.74) is 0.846. The maximum Gasteiger partial charge on any atom is 0.303 e. The summed E-state index contributed by atoms with van der Waals surface area (Å²) in [6.07, 6.45) is 3.01. The van der Waals surface area contributed by atoms with E-state index in [0.717, 1.165) is 5.56 Å². The van der Waals surface area contributed by atoms with Crippen molar-refractivity contribution in [3.05, 3.63) is 39.8 Å². The van der Waals surface area contributed by atoms with Crippen LogP contribution in [0.2, 0.25) is 5.02 Å². The van der Waals surface area contributed by atoms with E-state index in [9.17, 15) is 9.59 Å². The third-order valence-electron chi connectivity index (χ3n) is 3.04. The normalized spacial score (nSPS) is 16.6. The van der Waals surface area contributed by atoms with Gasteiger partial charge in [-0.1, -0.05) is 47.7 Å². The molecular formula is C15H14ClNO3S2. The average Bonchev–Trinajstić information content (AvgIpc) is 2.70. The zero-order valence-electron chi connectivity index (χ0n) is 11.6. The van der Waals surface area contributed by atoms with Gasteiger partial charge in [-0.3, -0.25) is 14.5 Å². The fourth-order valence-electron chi connectivity index (χ4n) is 1.99. The standard InChI is InChI=1S/C15H14ClNO3S2/c16-11-5-3-4-10(8-11)9-12-14(20)17(15(21)22-12)7-2-1-6-13(18)19/h3-5,8-9H,1-2,6-7H2,(H,18,19)/b12-9+. The van der Waals surface area contributed by atoms with Crippen molar-refractivity contribution in [1.82, 2.24) is 4.90 Å². The molecule has 1 aliphatic rings. The topological polar surface area (TPSA) is 57.6 Å². The SMILES string of the molecule is O=C(O)CCCCN1C(=O)/C(=C\c2cccc(Cl)c2)SC1=S. The lowest BCUT2D eigenvalue weighted by Crippen LogP contribution is -2.29. The van der Waals surface area contributed by atoms with Crippen LogP contribution in [0.15, 0.2) is 29.2 Å². The lowest BCUT2D eigenvalue weighted by atomic mass is 10.2. The molecule has 1 fully saturated rings. The zero-order valence-corrected chi connectivity index (χ0v) is 14.0. The van der Waals surface area contributed by atoms with Gasteiger partial charge in [0.15, 0.2) is 0 Å². The number of carbonyl (C=O) groups is 2. The monoisotopic (exact) mass is 355 g/mol. The predicted octanol–water partition coefficient (Wildman–Crippen LogP) is 3.80. The fraction of sp³-hybridized carbons (Fsp3) is 0.267. The number of hydrogen-bond donors (Lipinski definition) is 1. The first-order valence-corrected chi connectivity index (χ1v) is 8.30. The van der Waals surface area contributed by atoms with E-state index in [1.807, 2.05) is 12.1 Å². The number of unbranched alkanes of at least 4 members (excludes halogenated alkanes) is 1. The van der Waals surface area contributed by atoms with Crippen LogP contribution in [-0.2, 0) is 9.59 Å². The van der Waals surface area contributed by atoms with Gasteiger partial charge in [-0.05, 0) is 36.6 Å². The molecule has 0 radical (unpaired) electrons. The number of carboxylic acid groups (broad SMARTS) is 1. The number of benzene rings is 1. The maximum absolute atomic E-state index is 12.3. The summed E-state index contributed by atoms with van der Waals surface area (Å²) in [5.74, 6) is -0.962. The molecule has 7 heteroatoms. The summed E-state index contributed by atoms with van der Waals surface area (Å²) < 4.78 is 0.508. The first-order chi connectivity index (χ1) is 10.5. The molecule has 0 spiro atoms. The summed E-state index contributed by atoms with van der Waals surface area (Å²) in [5, 5.41) is 9.22. The third kappa shape index (κ3) is 4.56. The molecule has 0 atom stereocenters. The molecule has 116 valence electrons. The molecule has 1 amide bonds. The van der Waals surface area contributed by atoms with Gasteiger partial charge in [-0.2, -0.15) is 0 Å². The Kier molecular flexibility index (Phi) is 5.99. The minimum atomic E-state index is -0.828. The molecule has 4 nitrogen and oxygen atoms in total. The van der Waals surface area contributed by atoms with E-state index in [1.54, 1.807) is 18.2 Å². The first-order valence-electron chi connectivity index (χ1n) is 6.70. The van der Waals surface area contributed by atoms with Crippen molar-refractivity contribution < 1.29 is 14.7 Å². The van der Waals surface area contributed by atoms with Crippen LogP contribution in [0.3, 0.4) is 0 Å². The molecule has 1 N–H and O–H groups in total. The quantitative estimate of drug-likeness (QED) is 0.478. The van der Waals surface area contributed by atoms with Gasteiger partial charge in [-0.25, -0.2) is 0 Å². The minimum Gasteiger partial charge on any atom is -0.481 e. The first kappa shape index (κ1) is 17.0. The van der Waals surface area contributed by atoms with Gasteiger partial charge in [0, 0.05) is 18.0 Å². The highest BCUT2D eigenvalue weighted by Crippen LogP contribution is 2.33. The number of thioether (sulfide) groups is 1. The number of rotatable bonds is 6. The van der Waals surface area contributed by atoms with Crippen molar-refractivity contribution in [2.45, 2.75) is 19.3 Å². The van der Waals surface area contributed by atoms with Gasteiger partial charge in [-0.15, -0.1) is 0 Å². The molecule has 2 rings (SSSR count). The van der Waals surface area contributed by atoms with Crippen LogP contribution >= 0.6 is 35.6 Å². The fourth-order valence-corrected chi connectivity index (χ4v) is 3.49. The molecule has 0 unspecified atom stereocenters. The van der Waals surface area contributed by atoms with E-state index < -0.39 is 5.97 Å². The third-order valence-corrected chi connectivity index (χ3v) is 4.66. The lowest BCUT2D eigenvalue weighted by Gasteiger charge is -2.13. The Morgan fingerprint density at radius 1 is 1.41 bits per heavy atom. The summed E-state index contributed by atoms with van der Waals surface area (Å²) in [6, 6.07) is 7.24. The van der Waals surface area contributed by atoms with Crippen molar-refractivity contribution in [2.75, 3.05) is 6.54 Å². The molecule has 0 saturated carbocycles. The Hall–Kier alpha value is -1.37. The highest BCUT2D eigenvalue weighted by atomic mass is 35.5. The molecule has 1 heterocycles. The number of halogens is 1. The van der Waals surface area contributed by atoms with Gasteiger partial charge in [0.1, 0.15) is 4.32 Å². The summed E-state index contributed by atoms with van der Waals surface area (Å²) in [7, 11) is 0. The number of amides is 1. The Morgan fingerprint density at radius 2 is 2.18 bits per heavy atom. The van der Waals surface area contributed by atoms with Gasteiger partial charge in [0.2, 0.25) is 0 Å². The van der Waals surface area contributed by atoms with Crippen LogP contribution in [0.5, 0.6) is 0 Å². The molecule has 0 aromatic heterocycles.